The van der Waals surface area contributed by atoms with Crippen molar-refractivity contribution in [2.75, 3.05) is 26.6 Å². The highest BCUT2D eigenvalue weighted by Gasteiger charge is 2.51. The number of rotatable bonds is 7. The number of carbonyl (C=O) groups excluding carboxylic acids is 3. The number of piperidine rings is 1. The summed E-state index contributed by atoms with van der Waals surface area (Å²) in [5, 5.41) is 10.1. The fourth-order valence-electron chi connectivity index (χ4n) is 4.50. The van der Waals surface area contributed by atoms with Crippen molar-refractivity contribution < 1.29 is 31.1 Å². The van der Waals surface area contributed by atoms with Gasteiger partial charge < -0.3 is 14.9 Å². The first-order valence-electron chi connectivity index (χ1n) is 13.4. The van der Waals surface area contributed by atoms with E-state index in [4.69, 9.17) is 6.85 Å². The van der Waals surface area contributed by atoms with E-state index in [1.165, 1.54) is 11.9 Å². The summed E-state index contributed by atoms with van der Waals surface area (Å²) in [6.45, 7) is -0.608. The summed E-state index contributed by atoms with van der Waals surface area (Å²) in [4.78, 5) is 54.7. The first-order valence-corrected chi connectivity index (χ1v) is 10.5. The lowest BCUT2D eigenvalue weighted by Gasteiger charge is -2.34. The van der Waals surface area contributed by atoms with E-state index in [1.54, 1.807) is 13.8 Å². The van der Waals surface area contributed by atoms with Crippen LogP contribution in [0.15, 0.2) is 0 Å². The summed E-state index contributed by atoms with van der Waals surface area (Å²) < 4.78 is 40.8. The van der Waals surface area contributed by atoms with Gasteiger partial charge >= 0.3 is 12.0 Å². The number of hydrogen-bond donors (Lipinski definition) is 1. The third-order valence-corrected chi connectivity index (χ3v) is 6.66. The summed E-state index contributed by atoms with van der Waals surface area (Å²) >= 11 is 0. The van der Waals surface area contributed by atoms with E-state index in [0.717, 1.165) is 35.5 Å². The van der Waals surface area contributed by atoms with Gasteiger partial charge in [0.2, 0.25) is 5.91 Å². The van der Waals surface area contributed by atoms with E-state index < -0.39 is 80.0 Å². The molecule has 0 spiro atoms. The van der Waals surface area contributed by atoms with Crippen molar-refractivity contribution in [2.24, 2.45) is 17.8 Å². The van der Waals surface area contributed by atoms with Crippen LogP contribution in [0.2, 0.25) is 0 Å². The third-order valence-electron chi connectivity index (χ3n) is 6.66. The minimum Gasteiger partial charge on any atom is -0.481 e. The average Bonchev–Trinajstić information content (AvgIpc) is 3.36. The predicted molar refractivity (Wildman–Crippen MR) is 111 cm³/mol. The fraction of sp³-hybridized carbons (Fsp3) is 0.818. The van der Waals surface area contributed by atoms with E-state index in [0.29, 0.717) is 0 Å². The molecule has 30 heavy (non-hydrogen) atoms. The summed E-state index contributed by atoms with van der Waals surface area (Å²) in [6, 6.07) is -0.664. The first kappa shape index (κ1) is 16.6. The maximum Gasteiger partial charge on any atom is 0.327 e. The maximum atomic E-state index is 13.8. The van der Waals surface area contributed by atoms with E-state index in [-0.39, 0.29) is 12.3 Å². The quantitative estimate of drug-likeness (QED) is 0.631. The minimum absolute atomic E-state index is 0.0376. The minimum atomic E-state index is -1.59. The lowest BCUT2D eigenvalue weighted by molar-refractivity contribution is -0.153. The highest BCUT2D eigenvalue weighted by atomic mass is 16.4. The predicted octanol–water partition coefficient (Wildman–Crippen LogP) is 2.57. The maximum absolute atomic E-state index is 13.8. The molecule has 8 nitrogen and oxygen atoms in total. The molecular formula is C22H35N3O5. The number of urea groups is 1. The van der Waals surface area contributed by atoms with Crippen LogP contribution in [0.5, 0.6) is 0 Å². The molecule has 8 heteroatoms. The standard InChI is InChI=1S/C22H35N3O5/c1-22(2)20(29)25(21(30)23(22)3)14-17(19(27)28)16(13-15-9-5-6-10-15)18(26)24-11-7-4-8-12-24/h15-17H,4-14H2,1-3H3,(H,27,28)/t16-,17+/m1/s1/i4D,7D,8D,11D,12D/t4?,7?,8?,11?,12?,16-,17+. The van der Waals surface area contributed by atoms with Crippen molar-refractivity contribution in [3.63, 3.8) is 0 Å². The number of carboxylic acid groups (broad SMARTS) is 1. The second kappa shape index (κ2) is 8.94. The van der Waals surface area contributed by atoms with Gasteiger partial charge in [-0.05, 0) is 45.4 Å². The fourth-order valence-corrected chi connectivity index (χ4v) is 4.50. The van der Waals surface area contributed by atoms with Gasteiger partial charge in [-0.15, -0.1) is 0 Å². The number of nitrogens with zero attached hydrogens (tertiary/aromatic N) is 3. The Morgan fingerprint density at radius 1 is 1.13 bits per heavy atom. The van der Waals surface area contributed by atoms with Gasteiger partial charge in [-0.1, -0.05) is 25.7 Å². The molecule has 6 atom stereocenters. The zero-order valence-electron chi connectivity index (χ0n) is 22.8. The van der Waals surface area contributed by atoms with Gasteiger partial charge in [0.15, 0.2) is 0 Å². The van der Waals surface area contributed by atoms with Crippen LogP contribution in [0.1, 0.15) is 72.0 Å². The zero-order chi connectivity index (χ0) is 26.4. The van der Waals surface area contributed by atoms with E-state index in [9.17, 15) is 24.3 Å². The Labute approximate surface area is 185 Å². The van der Waals surface area contributed by atoms with Crippen LogP contribution < -0.4 is 0 Å². The molecule has 168 valence electrons. The number of hydrogen-bond acceptors (Lipinski definition) is 4. The van der Waals surface area contributed by atoms with Gasteiger partial charge in [-0.2, -0.15) is 0 Å². The number of amides is 4. The molecule has 3 aliphatic rings. The lowest BCUT2D eigenvalue weighted by atomic mass is 9.81. The van der Waals surface area contributed by atoms with Crippen LogP contribution in [0.25, 0.3) is 0 Å². The van der Waals surface area contributed by atoms with Gasteiger partial charge in [-0.3, -0.25) is 19.3 Å². The molecule has 0 radical (unpaired) electrons. The molecule has 0 bridgehead atoms. The molecule has 2 aliphatic heterocycles. The van der Waals surface area contributed by atoms with Crippen LogP contribution in [0.4, 0.5) is 4.79 Å². The molecule has 4 amide bonds. The molecule has 3 fully saturated rings. The zero-order valence-corrected chi connectivity index (χ0v) is 17.8. The molecule has 2 saturated heterocycles. The molecule has 0 aromatic carbocycles. The van der Waals surface area contributed by atoms with Crippen LogP contribution in [-0.2, 0) is 14.4 Å². The first-order chi connectivity index (χ1) is 16.2. The topological polar surface area (TPSA) is 98.2 Å². The van der Waals surface area contributed by atoms with Gasteiger partial charge in [0.05, 0.1) is 11.8 Å². The summed E-state index contributed by atoms with van der Waals surface area (Å²) in [5.74, 6) is -5.47. The number of carbonyl (C=O) groups is 4. The van der Waals surface area contributed by atoms with Crippen molar-refractivity contribution in [1.82, 2.24) is 14.7 Å². The Morgan fingerprint density at radius 3 is 2.23 bits per heavy atom. The number of carboxylic acids is 1. The van der Waals surface area contributed by atoms with Gasteiger partial charge in [0, 0.05) is 33.5 Å². The van der Waals surface area contributed by atoms with E-state index in [1.807, 2.05) is 0 Å². The highest BCUT2D eigenvalue weighted by molar-refractivity contribution is 6.06. The van der Waals surface area contributed by atoms with Crippen molar-refractivity contribution in [3.05, 3.63) is 0 Å². The number of aliphatic carboxylic acids is 1. The van der Waals surface area contributed by atoms with Crippen LogP contribution >= 0.6 is 0 Å². The molecule has 3 rings (SSSR count). The molecule has 4 unspecified atom stereocenters. The van der Waals surface area contributed by atoms with Crippen molar-refractivity contribution >= 4 is 23.8 Å². The van der Waals surface area contributed by atoms with Gasteiger partial charge in [-0.25, -0.2) is 4.79 Å². The van der Waals surface area contributed by atoms with Crippen molar-refractivity contribution in [1.29, 1.82) is 0 Å². The Morgan fingerprint density at radius 2 is 1.73 bits per heavy atom. The molecule has 0 aromatic rings. The average molecular weight is 427 g/mol. The second-order valence-corrected chi connectivity index (χ2v) is 8.87. The molecule has 1 aliphatic carbocycles. The molecule has 2 heterocycles. The number of likely N-dealkylation sites (N-methyl/N-ethyl adjacent to an activating group) is 1. The molecule has 0 aromatic heterocycles. The number of likely N-dealkylation sites (tertiary alicyclic amines) is 1. The van der Waals surface area contributed by atoms with Crippen LogP contribution in [-0.4, -0.2) is 75.8 Å². The summed E-state index contributed by atoms with van der Waals surface area (Å²) in [5.41, 5.74) is -1.17. The summed E-state index contributed by atoms with van der Waals surface area (Å²) in [6.07, 6.45) is -0.619. The SMILES string of the molecule is [2H]C1C([2H])C([2H])N(C(=O)[C@H](CC2CCCC2)[C@H](CN2C(=O)N(C)C(C)(C)C2=O)C(=O)O)C([2H])C1[2H]. The number of imide groups is 1. The Balaban J connectivity index is 1.96. The van der Waals surface area contributed by atoms with Crippen molar-refractivity contribution in [2.45, 2.75) is 70.7 Å². The van der Waals surface area contributed by atoms with E-state index in [2.05, 4.69) is 0 Å². The van der Waals surface area contributed by atoms with E-state index >= 15 is 0 Å². The smallest absolute Gasteiger partial charge is 0.327 e. The van der Waals surface area contributed by atoms with Crippen LogP contribution in [0.3, 0.4) is 0 Å². The third kappa shape index (κ3) is 4.32. The molecular weight excluding hydrogens is 386 g/mol. The monoisotopic (exact) mass is 426 g/mol. The van der Waals surface area contributed by atoms with Gasteiger partial charge in [0.25, 0.3) is 5.91 Å². The van der Waals surface area contributed by atoms with Crippen LogP contribution in [0, 0.1) is 17.8 Å². The second-order valence-electron chi connectivity index (χ2n) is 8.87. The summed E-state index contributed by atoms with van der Waals surface area (Å²) in [7, 11) is 1.44. The van der Waals surface area contributed by atoms with Gasteiger partial charge in [0.1, 0.15) is 5.54 Å². The normalized spacial score (nSPS) is 39.1. The van der Waals surface area contributed by atoms with Crippen molar-refractivity contribution in [3.8, 4) is 0 Å². The molecule has 1 saturated carbocycles. The lowest BCUT2D eigenvalue weighted by Crippen LogP contribution is -2.48. The Bertz CT molecular complexity index is 854. The molecule has 1 N–H and O–H groups in total. The Kier molecular flexibility index (Phi) is 4.93. The highest BCUT2D eigenvalue weighted by Crippen LogP contribution is 2.36. The Hall–Kier alpha value is -2.12. The largest absolute Gasteiger partial charge is 0.481 e.